The molecule has 0 aliphatic rings. The van der Waals surface area contributed by atoms with Crippen LogP contribution in [0, 0.1) is 11.3 Å². The zero-order valence-electron chi connectivity index (χ0n) is 6.56. The van der Waals surface area contributed by atoms with Crippen LogP contribution in [0.3, 0.4) is 0 Å². The molecule has 0 unspecified atom stereocenters. The average molecular weight is 152 g/mol. The van der Waals surface area contributed by atoms with E-state index in [1.807, 2.05) is 0 Å². The Labute approximate surface area is 60.1 Å². The highest BCUT2D eigenvalue weighted by Crippen LogP contribution is 2.32. The highest BCUT2D eigenvalue weighted by molar-refractivity contribution is 4.76. The van der Waals surface area contributed by atoms with Crippen molar-refractivity contribution >= 4 is 0 Å². The first-order valence-corrected chi connectivity index (χ1v) is 3.32. The molecule has 0 fully saturated rings. The smallest absolute Gasteiger partial charge is 0.243 e. The van der Waals surface area contributed by atoms with Gasteiger partial charge in [-0.25, -0.2) is 8.78 Å². The molecule has 0 bridgehead atoms. The van der Waals surface area contributed by atoms with Crippen LogP contribution in [0.1, 0.15) is 20.8 Å². The fraction of sp³-hybridized carbons (Fsp3) is 1.00. The van der Waals surface area contributed by atoms with Crippen LogP contribution >= 0.6 is 0 Å². The van der Waals surface area contributed by atoms with Gasteiger partial charge in [-0.2, -0.15) is 0 Å². The predicted octanol–water partition coefficient (Wildman–Crippen LogP) is 1.91. The van der Waals surface area contributed by atoms with E-state index in [-0.39, 0.29) is 12.5 Å². The van der Waals surface area contributed by atoms with Gasteiger partial charge in [0.15, 0.2) is 0 Å². The van der Waals surface area contributed by atoms with Gasteiger partial charge in [-0.3, -0.25) is 0 Å². The number of aliphatic hydroxyl groups excluding tert-OH is 1. The normalized spacial score (nSPS) is 15.9. The van der Waals surface area contributed by atoms with E-state index >= 15 is 0 Å². The molecule has 0 radical (unpaired) electrons. The Balaban J connectivity index is 4.09. The average Bonchev–Trinajstić information content (AvgIpc) is 1.86. The Morgan fingerprint density at radius 3 is 1.90 bits per heavy atom. The molecule has 0 saturated carbocycles. The lowest BCUT2D eigenvalue weighted by molar-refractivity contribution is -0.0318. The van der Waals surface area contributed by atoms with Crippen molar-refractivity contribution in [1.29, 1.82) is 0 Å². The highest BCUT2D eigenvalue weighted by atomic mass is 19.3. The Kier molecular flexibility index (Phi) is 3.22. The summed E-state index contributed by atoms with van der Waals surface area (Å²) in [5.74, 6) is -0.354. The first-order chi connectivity index (χ1) is 4.42. The fourth-order valence-corrected chi connectivity index (χ4v) is 0.450. The van der Waals surface area contributed by atoms with E-state index in [9.17, 15) is 8.78 Å². The van der Waals surface area contributed by atoms with E-state index < -0.39 is 11.8 Å². The van der Waals surface area contributed by atoms with Crippen molar-refractivity contribution in [2.45, 2.75) is 27.2 Å². The van der Waals surface area contributed by atoms with E-state index in [2.05, 4.69) is 0 Å². The molecule has 1 N–H and O–H groups in total. The van der Waals surface area contributed by atoms with Crippen molar-refractivity contribution in [2.75, 3.05) is 6.61 Å². The Hall–Kier alpha value is -0.180. The largest absolute Gasteiger partial charge is 0.396 e. The van der Waals surface area contributed by atoms with Crippen molar-refractivity contribution in [3.63, 3.8) is 0 Å². The third-order valence-corrected chi connectivity index (χ3v) is 2.11. The minimum Gasteiger partial charge on any atom is -0.396 e. The van der Waals surface area contributed by atoms with Crippen molar-refractivity contribution in [1.82, 2.24) is 0 Å². The maximum Gasteiger partial charge on any atom is 0.243 e. The van der Waals surface area contributed by atoms with Crippen LogP contribution in [0.25, 0.3) is 0 Å². The molecule has 0 aliphatic carbocycles. The zero-order valence-corrected chi connectivity index (χ0v) is 6.56. The molecule has 0 aromatic rings. The van der Waals surface area contributed by atoms with Gasteiger partial charge in [0, 0.05) is 12.0 Å². The van der Waals surface area contributed by atoms with Crippen LogP contribution in [0.15, 0.2) is 0 Å². The van der Waals surface area contributed by atoms with Gasteiger partial charge in [0.25, 0.3) is 0 Å². The summed E-state index contributed by atoms with van der Waals surface area (Å²) in [6, 6.07) is 0. The zero-order chi connectivity index (χ0) is 8.36. The summed E-state index contributed by atoms with van der Waals surface area (Å²) in [5.41, 5.74) is -1.07. The van der Waals surface area contributed by atoms with Crippen molar-refractivity contribution in [3.05, 3.63) is 0 Å². The van der Waals surface area contributed by atoms with E-state index in [0.29, 0.717) is 0 Å². The summed E-state index contributed by atoms with van der Waals surface area (Å²) in [5, 5.41) is 8.59. The molecule has 0 amide bonds. The van der Waals surface area contributed by atoms with Gasteiger partial charge in [0.05, 0.1) is 0 Å². The van der Waals surface area contributed by atoms with E-state index in [1.54, 1.807) is 6.92 Å². The summed E-state index contributed by atoms with van der Waals surface area (Å²) < 4.78 is 24.3. The summed E-state index contributed by atoms with van der Waals surface area (Å²) in [4.78, 5) is 0. The van der Waals surface area contributed by atoms with Crippen molar-refractivity contribution < 1.29 is 13.9 Å². The number of rotatable bonds is 3. The predicted molar refractivity (Wildman–Crippen MR) is 36.0 cm³/mol. The van der Waals surface area contributed by atoms with Crippen molar-refractivity contribution in [3.8, 4) is 0 Å². The number of hydrogen-bond acceptors (Lipinski definition) is 1. The lowest BCUT2D eigenvalue weighted by atomic mass is 9.81. The van der Waals surface area contributed by atoms with Crippen LogP contribution in [0.5, 0.6) is 0 Å². The molecule has 0 heterocycles. The molecular formula is C7H14F2O. The van der Waals surface area contributed by atoms with E-state index in [4.69, 9.17) is 5.11 Å². The van der Waals surface area contributed by atoms with Gasteiger partial charge in [-0.1, -0.05) is 20.8 Å². The summed E-state index contributed by atoms with van der Waals surface area (Å²) in [6.07, 6.45) is -2.37. The van der Waals surface area contributed by atoms with Gasteiger partial charge in [0.2, 0.25) is 6.43 Å². The number of halogens is 2. The first kappa shape index (κ1) is 9.82. The Bertz CT molecular complexity index is 102. The molecule has 0 saturated heterocycles. The van der Waals surface area contributed by atoms with Gasteiger partial charge >= 0.3 is 0 Å². The number of alkyl halides is 2. The molecule has 3 heteroatoms. The maximum atomic E-state index is 12.1. The molecule has 10 heavy (non-hydrogen) atoms. The van der Waals surface area contributed by atoms with Crippen LogP contribution in [0.4, 0.5) is 8.78 Å². The van der Waals surface area contributed by atoms with Crippen LogP contribution < -0.4 is 0 Å². The second-order valence-corrected chi connectivity index (χ2v) is 3.21. The molecule has 0 aliphatic heterocycles. The second kappa shape index (κ2) is 3.28. The molecular weight excluding hydrogens is 138 g/mol. The maximum absolute atomic E-state index is 12.1. The quantitative estimate of drug-likeness (QED) is 0.655. The fourth-order valence-electron chi connectivity index (χ4n) is 0.450. The number of aliphatic hydroxyl groups is 1. The van der Waals surface area contributed by atoms with Crippen LogP contribution in [-0.4, -0.2) is 18.1 Å². The van der Waals surface area contributed by atoms with E-state index in [1.165, 1.54) is 13.8 Å². The first-order valence-electron chi connectivity index (χ1n) is 3.32. The van der Waals surface area contributed by atoms with E-state index in [0.717, 1.165) is 0 Å². The topological polar surface area (TPSA) is 20.2 Å². The molecule has 0 aromatic carbocycles. The summed E-state index contributed by atoms with van der Waals surface area (Å²) in [7, 11) is 0. The SMILES string of the molecule is C[C@@H](CO)C(C)(C)C(F)F. The standard InChI is InChI=1S/C7H14F2O/c1-5(4-10)7(2,3)6(8)9/h5-6,10H,4H2,1-3H3/t5-/m0/s1. The molecule has 0 aromatic heterocycles. The lowest BCUT2D eigenvalue weighted by Crippen LogP contribution is -2.31. The highest BCUT2D eigenvalue weighted by Gasteiger charge is 2.34. The molecule has 1 atom stereocenters. The third-order valence-electron chi connectivity index (χ3n) is 2.11. The molecule has 0 spiro atoms. The summed E-state index contributed by atoms with van der Waals surface area (Å²) >= 11 is 0. The second-order valence-electron chi connectivity index (χ2n) is 3.21. The monoisotopic (exact) mass is 152 g/mol. The molecule has 0 rings (SSSR count). The summed E-state index contributed by atoms with van der Waals surface area (Å²) in [6.45, 7) is 4.35. The Morgan fingerprint density at radius 1 is 1.40 bits per heavy atom. The Morgan fingerprint density at radius 2 is 1.80 bits per heavy atom. The van der Waals surface area contributed by atoms with Crippen molar-refractivity contribution in [2.24, 2.45) is 11.3 Å². The minimum atomic E-state index is -2.37. The minimum absolute atomic E-state index is 0.183. The van der Waals surface area contributed by atoms with Crippen LogP contribution in [0.2, 0.25) is 0 Å². The third kappa shape index (κ3) is 1.90. The number of hydrogen-bond donors (Lipinski definition) is 1. The van der Waals surface area contributed by atoms with Gasteiger partial charge < -0.3 is 5.11 Å². The molecule has 1 nitrogen and oxygen atoms in total. The van der Waals surface area contributed by atoms with Gasteiger partial charge in [-0.15, -0.1) is 0 Å². The van der Waals surface area contributed by atoms with Gasteiger partial charge in [-0.05, 0) is 5.92 Å². The lowest BCUT2D eigenvalue weighted by Gasteiger charge is -2.29. The molecule has 62 valence electrons. The van der Waals surface area contributed by atoms with Crippen LogP contribution in [-0.2, 0) is 0 Å². The van der Waals surface area contributed by atoms with Gasteiger partial charge in [0.1, 0.15) is 0 Å².